The quantitative estimate of drug-likeness (QED) is 0.390. The predicted molar refractivity (Wildman–Crippen MR) is 39.7 cm³/mol. The van der Waals surface area contributed by atoms with Gasteiger partial charge in [0.25, 0.3) is 0 Å². The van der Waals surface area contributed by atoms with E-state index in [4.69, 9.17) is 11.6 Å². The van der Waals surface area contributed by atoms with Gasteiger partial charge in [-0.1, -0.05) is 11.6 Å². The van der Waals surface area contributed by atoms with Crippen LogP contribution in [0, 0.1) is 5.92 Å². The highest BCUT2D eigenvalue weighted by molar-refractivity contribution is 6.22. The molecule has 0 aromatic carbocycles. The zero-order chi connectivity index (χ0) is 6.27. The molecule has 1 unspecified atom stereocenters. The molecular formula is C8H11Cl. The molecule has 0 heterocycles. The van der Waals surface area contributed by atoms with Crippen LogP contribution in [0.3, 0.4) is 0 Å². The fourth-order valence-electron chi connectivity index (χ4n) is 1.50. The number of hydrogen-bond acceptors (Lipinski definition) is 0. The van der Waals surface area contributed by atoms with Crippen LogP contribution in [0.15, 0.2) is 11.6 Å². The van der Waals surface area contributed by atoms with Crippen molar-refractivity contribution < 1.29 is 0 Å². The summed E-state index contributed by atoms with van der Waals surface area (Å²) in [4.78, 5) is 0. The van der Waals surface area contributed by atoms with E-state index in [1.807, 2.05) is 0 Å². The molecule has 0 nitrogen and oxygen atoms in total. The molecular weight excluding hydrogens is 132 g/mol. The molecule has 2 aliphatic carbocycles. The van der Waals surface area contributed by atoms with Gasteiger partial charge in [0, 0.05) is 0 Å². The first-order valence-electron chi connectivity index (χ1n) is 3.71. The van der Waals surface area contributed by atoms with Crippen molar-refractivity contribution in [1.82, 2.24) is 0 Å². The van der Waals surface area contributed by atoms with E-state index in [2.05, 4.69) is 6.08 Å². The first-order valence-corrected chi connectivity index (χ1v) is 4.14. The minimum Gasteiger partial charge on any atom is -0.118 e. The normalized spacial score (nSPS) is 34.8. The molecule has 2 rings (SSSR count). The molecule has 1 fully saturated rings. The molecule has 0 aromatic heterocycles. The van der Waals surface area contributed by atoms with Crippen LogP contribution in [0.5, 0.6) is 0 Å². The van der Waals surface area contributed by atoms with Crippen LogP contribution in [-0.2, 0) is 0 Å². The van der Waals surface area contributed by atoms with Gasteiger partial charge in [-0.3, -0.25) is 0 Å². The second-order valence-electron chi connectivity index (χ2n) is 3.07. The van der Waals surface area contributed by atoms with Gasteiger partial charge >= 0.3 is 0 Å². The highest BCUT2D eigenvalue weighted by Crippen LogP contribution is 2.42. The third-order valence-electron chi connectivity index (χ3n) is 2.21. The molecule has 50 valence electrons. The zero-order valence-corrected chi connectivity index (χ0v) is 6.19. The third kappa shape index (κ3) is 1.14. The molecule has 1 atom stereocenters. The Bertz CT molecular complexity index is 145. The van der Waals surface area contributed by atoms with Crippen LogP contribution in [-0.4, -0.2) is 5.38 Å². The van der Waals surface area contributed by atoms with Gasteiger partial charge in [0.15, 0.2) is 0 Å². The number of halogens is 1. The maximum absolute atomic E-state index is 5.90. The second-order valence-corrected chi connectivity index (χ2v) is 3.63. The van der Waals surface area contributed by atoms with Crippen molar-refractivity contribution in [3.05, 3.63) is 11.6 Å². The minimum absolute atomic E-state index is 0.362. The van der Waals surface area contributed by atoms with Crippen molar-refractivity contribution in [3.8, 4) is 0 Å². The van der Waals surface area contributed by atoms with E-state index >= 15 is 0 Å². The molecule has 0 radical (unpaired) electrons. The lowest BCUT2D eigenvalue weighted by Crippen LogP contribution is -1.81. The Labute approximate surface area is 60.9 Å². The van der Waals surface area contributed by atoms with E-state index in [0.29, 0.717) is 5.38 Å². The van der Waals surface area contributed by atoms with E-state index in [1.165, 1.54) is 25.7 Å². The largest absolute Gasteiger partial charge is 0.118 e. The topological polar surface area (TPSA) is 0 Å². The van der Waals surface area contributed by atoms with Crippen molar-refractivity contribution in [1.29, 1.82) is 0 Å². The minimum atomic E-state index is 0.362. The van der Waals surface area contributed by atoms with E-state index in [1.54, 1.807) is 5.57 Å². The maximum Gasteiger partial charge on any atom is 0.0521 e. The average molecular weight is 143 g/mol. The standard InChI is InChI=1S/C8H11Cl/c9-8-4-3-7(5-8)6-1-2-6/h5-6,8H,1-4H2. The van der Waals surface area contributed by atoms with E-state index in [0.717, 1.165) is 5.92 Å². The summed E-state index contributed by atoms with van der Waals surface area (Å²) in [6.07, 6.45) is 7.58. The zero-order valence-electron chi connectivity index (χ0n) is 5.44. The van der Waals surface area contributed by atoms with Gasteiger partial charge in [-0.15, -0.1) is 11.6 Å². The van der Waals surface area contributed by atoms with Crippen LogP contribution in [0.1, 0.15) is 25.7 Å². The smallest absolute Gasteiger partial charge is 0.0521 e. The Morgan fingerprint density at radius 2 is 2.11 bits per heavy atom. The molecule has 0 amide bonds. The van der Waals surface area contributed by atoms with Crippen LogP contribution >= 0.6 is 11.6 Å². The lowest BCUT2D eigenvalue weighted by molar-refractivity contribution is 0.856. The van der Waals surface area contributed by atoms with Gasteiger partial charge in [0.1, 0.15) is 0 Å². The van der Waals surface area contributed by atoms with Crippen LogP contribution in [0.25, 0.3) is 0 Å². The monoisotopic (exact) mass is 142 g/mol. The summed E-state index contributed by atoms with van der Waals surface area (Å²) >= 11 is 5.90. The van der Waals surface area contributed by atoms with Crippen LogP contribution in [0.4, 0.5) is 0 Å². The van der Waals surface area contributed by atoms with Gasteiger partial charge in [-0.2, -0.15) is 0 Å². The lowest BCUT2D eigenvalue weighted by Gasteiger charge is -1.91. The Hall–Kier alpha value is 0.0300. The molecule has 0 spiro atoms. The molecule has 2 aliphatic rings. The molecule has 0 N–H and O–H groups in total. The highest BCUT2D eigenvalue weighted by atomic mass is 35.5. The van der Waals surface area contributed by atoms with Crippen molar-refractivity contribution in [2.45, 2.75) is 31.1 Å². The fraction of sp³-hybridized carbons (Fsp3) is 0.750. The van der Waals surface area contributed by atoms with Gasteiger partial charge in [-0.25, -0.2) is 0 Å². The Balaban J connectivity index is 2.03. The summed E-state index contributed by atoms with van der Waals surface area (Å²) in [5.41, 5.74) is 1.65. The molecule has 1 heteroatoms. The van der Waals surface area contributed by atoms with Gasteiger partial charge in [0.2, 0.25) is 0 Å². The average Bonchev–Trinajstić information content (AvgIpc) is 2.58. The Kier molecular flexibility index (Phi) is 1.30. The molecule has 9 heavy (non-hydrogen) atoms. The number of rotatable bonds is 1. The van der Waals surface area contributed by atoms with Crippen LogP contribution in [0.2, 0.25) is 0 Å². The number of allylic oxidation sites excluding steroid dienone is 2. The van der Waals surface area contributed by atoms with Crippen molar-refractivity contribution in [2.75, 3.05) is 0 Å². The second kappa shape index (κ2) is 2.02. The van der Waals surface area contributed by atoms with Gasteiger partial charge in [-0.05, 0) is 31.6 Å². The fourth-order valence-corrected chi connectivity index (χ4v) is 1.77. The van der Waals surface area contributed by atoms with Crippen LogP contribution < -0.4 is 0 Å². The first kappa shape index (κ1) is 5.79. The van der Waals surface area contributed by atoms with Crippen molar-refractivity contribution in [2.24, 2.45) is 5.92 Å². The molecule has 0 aliphatic heterocycles. The predicted octanol–water partition coefficient (Wildman–Crippen LogP) is 2.72. The van der Waals surface area contributed by atoms with E-state index < -0.39 is 0 Å². The molecule has 1 saturated carbocycles. The lowest BCUT2D eigenvalue weighted by atomic mass is 10.1. The molecule has 0 bridgehead atoms. The SMILES string of the molecule is ClC1C=C(C2CC2)CC1. The van der Waals surface area contributed by atoms with Crippen molar-refractivity contribution in [3.63, 3.8) is 0 Å². The Morgan fingerprint density at radius 1 is 1.33 bits per heavy atom. The maximum atomic E-state index is 5.90. The van der Waals surface area contributed by atoms with Gasteiger partial charge < -0.3 is 0 Å². The summed E-state index contributed by atoms with van der Waals surface area (Å²) < 4.78 is 0. The van der Waals surface area contributed by atoms with Gasteiger partial charge in [0.05, 0.1) is 5.38 Å². The third-order valence-corrected chi connectivity index (χ3v) is 2.55. The molecule has 0 aromatic rings. The highest BCUT2D eigenvalue weighted by Gasteiger charge is 2.28. The Morgan fingerprint density at radius 3 is 2.56 bits per heavy atom. The number of hydrogen-bond donors (Lipinski definition) is 0. The first-order chi connectivity index (χ1) is 4.36. The summed E-state index contributed by atoms with van der Waals surface area (Å²) in [6, 6.07) is 0. The summed E-state index contributed by atoms with van der Waals surface area (Å²) in [5, 5.41) is 0.362. The van der Waals surface area contributed by atoms with E-state index in [9.17, 15) is 0 Å². The van der Waals surface area contributed by atoms with E-state index in [-0.39, 0.29) is 0 Å². The van der Waals surface area contributed by atoms with Crippen molar-refractivity contribution >= 4 is 11.6 Å². The number of alkyl halides is 1. The molecule has 0 saturated heterocycles. The summed E-state index contributed by atoms with van der Waals surface area (Å²) in [5.74, 6) is 0.953. The summed E-state index contributed by atoms with van der Waals surface area (Å²) in [7, 11) is 0. The summed E-state index contributed by atoms with van der Waals surface area (Å²) in [6.45, 7) is 0.